The Hall–Kier alpha value is -0.860. The summed E-state index contributed by atoms with van der Waals surface area (Å²) in [6.45, 7) is 5.72. The maximum atomic E-state index is 11.4. The van der Waals surface area contributed by atoms with Crippen molar-refractivity contribution in [1.82, 2.24) is 0 Å². The second-order valence-corrected chi connectivity index (χ2v) is 4.34. The number of esters is 1. The molecule has 0 N–H and O–H groups in total. The van der Waals surface area contributed by atoms with E-state index in [4.69, 9.17) is 0 Å². The van der Waals surface area contributed by atoms with Crippen molar-refractivity contribution < 1.29 is 14.3 Å². The number of unbranched alkanes of at least 4 members (excludes halogenated alkanes) is 1. The first-order valence-electron chi connectivity index (χ1n) is 6.15. The number of ketones is 1. The molecule has 0 aromatic heterocycles. The molecule has 0 rings (SSSR count). The normalized spacial score (nSPS) is 14.2. The Kier molecular flexibility index (Phi) is 7.86. The van der Waals surface area contributed by atoms with Gasteiger partial charge in [0.2, 0.25) is 0 Å². The number of ether oxygens (including phenoxy) is 1. The number of hydrogen-bond acceptors (Lipinski definition) is 3. The van der Waals surface area contributed by atoms with E-state index in [1.54, 1.807) is 0 Å². The first kappa shape index (κ1) is 15.1. The van der Waals surface area contributed by atoms with Gasteiger partial charge in [0.25, 0.3) is 0 Å². The average Bonchev–Trinajstić information content (AvgIpc) is 2.28. The molecule has 0 amide bonds. The molecule has 2 atom stereocenters. The highest BCUT2D eigenvalue weighted by molar-refractivity contribution is 5.97. The van der Waals surface area contributed by atoms with Gasteiger partial charge >= 0.3 is 5.97 Å². The Bertz CT molecular complexity index is 223. The summed E-state index contributed by atoms with van der Waals surface area (Å²) in [6, 6.07) is 0. The molecule has 0 spiro atoms. The standard InChI is InChI=1S/C13H24O3/c1-5-7-8-11(6-2)9-12(10(3)14)13(15)16-4/h11-12H,5-9H2,1-4H3. The number of rotatable bonds is 8. The predicted molar refractivity (Wildman–Crippen MR) is 64.1 cm³/mol. The predicted octanol–water partition coefficient (Wildman–Crippen LogP) is 2.97. The Morgan fingerprint density at radius 2 is 1.88 bits per heavy atom. The van der Waals surface area contributed by atoms with E-state index >= 15 is 0 Å². The second kappa shape index (κ2) is 8.31. The maximum Gasteiger partial charge on any atom is 0.316 e. The number of Topliss-reactive ketones (excluding diaryl/α,β-unsaturated/α-hetero) is 1. The zero-order chi connectivity index (χ0) is 12.6. The number of methoxy groups -OCH3 is 1. The zero-order valence-corrected chi connectivity index (χ0v) is 10.9. The van der Waals surface area contributed by atoms with Crippen molar-refractivity contribution in [3.8, 4) is 0 Å². The van der Waals surface area contributed by atoms with Gasteiger partial charge in [0, 0.05) is 0 Å². The molecule has 0 aromatic carbocycles. The van der Waals surface area contributed by atoms with Crippen molar-refractivity contribution in [3.05, 3.63) is 0 Å². The summed E-state index contributed by atoms with van der Waals surface area (Å²) in [4.78, 5) is 22.8. The molecule has 0 bridgehead atoms. The molecule has 0 heterocycles. The molecule has 0 aliphatic heterocycles. The number of hydrogen-bond donors (Lipinski definition) is 0. The van der Waals surface area contributed by atoms with Crippen LogP contribution in [0.25, 0.3) is 0 Å². The first-order chi connectivity index (χ1) is 7.56. The van der Waals surface area contributed by atoms with E-state index < -0.39 is 5.92 Å². The third-order valence-electron chi connectivity index (χ3n) is 3.09. The third kappa shape index (κ3) is 5.29. The minimum absolute atomic E-state index is 0.0817. The number of carbonyl (C=O) groups excluding carboxylic acids is 2. The molecule has 0 aliphatic carbocycles. The van der Waals surface area contributed by atoms with Crippen molar-refractivity contribution in [2.45, 2.75) is 52.9 Å². The lowest BCUT2D eigenvalue weighted by molar-refractivity contribution is -0.149. The van der Waals surface area contributed by atoms with E-state index in [1.807, 2.05) is 0 Å². The van der Waals surface area contributed by atoms with E-state index in [-0.39, 0.29) is 11.8 Å². The molecule has 2 unspecified atom stereocenters. The second-order valence-electron chi connectivity index (χ2n) is 4.34. The molecule has 0 aliphatic rings. The van der Waals surface area contributed by atoms with Crippen molar-refractivity contribution in [1.29, 1.82) is 0 Å². The van der Waals surface area contributed by atoms with Crippen molar-refractivity contribution in [3.63, 3.8) is 0 Å². The highest BCUT2D eigenvalue weighted by Gasteiger charge is 2.26. The van der Waals surface area contributed by atoms with Crippen LogP contribution in [0.15, 0.2) is 0 Å². The average molecular weight is 228 g/mol. The highest BCUT2D eigenvalue weighted by Crippen LogP contribution is 2.23. The quantitative estimate of drug-likeness (QED) is 0.474. The van der Waals surface area contributed by atoms with Crippen LogP contribution in [0.2, 0.25) is 0 Å². The van der Waals surface area contributed by atoms with Gasteiger partial charge in [-0.15, -0.1) is 0 Å². The van der Waals surface area contributed by atoms with E-state index in [0.717, 1.165) is 25.7 Å². The van der Waals surface area contributed by atoms with Gasteiger partial charge in [0.15, 0.2) is 0 Å². The smallest absolute Gasteiger partial charge is 0.316 e. The fourth-order valence-electron chi connectivity index (χ4n) is 1.89. The summed E-state index contributed by atoms with van der Waals surface area (Å²) in [5, 5.41) is 0. The van der Waals surface area contributed by atoms with Crippen molar-refractivity contribution in [2.24, 2.45) is 11.8 Å². The van der Waals surface area contributed by atoms with E-state index in [9.17, 15) is 9.59 Å². The Morgan fingerprint density at radius 1 is 1.25 bits per heavy atom. The maximum absolute atomic E-state index is 11.4. The van der Waals surface area contributed by atoms with Crippen LogP contribution in [-0.2, 0) is 14.3 Å². The zero-order valence-electron chi connectivity index (χ0n) is 10.9. The minimum atomic E-state index is -0.563. The summed E-state index contributed by atoms with van der Waals surface area (Å²) in [6.07, 6.45) is 5.05. The molecule has 0 fully saturated rings. The van der Waals surface area contributed by atoms with Crippen molar-refractivity contribution in [2.75, 3.05) is 7.11 Å². The fraction of sp³-hybridized carbons (Fsp3) is 0.846. The van der Waals surface area contributed by atoms with Gasteiger partial charge in [0.1, 0.15) is 11.7 Å². The summed E-state index contributed by atoms with van der Waals surface area (Å²) >= 11 is 0. The van der Waals surface area contributed by atoms with Crippen molar-refractivity contribution >= 4 is 11.8 Å². The molecule has 0 saturated heterocycles. The Morgan fingerprint density at radius 3 is 2.25 bits per heavy atom. The SMILES string of the molecule is CCCCC(CC)CC(C(C)=O)C(=O)OC. The van der Waals surface area contributed by atoms with Crippen LogP contribution in [0.3, 0.4) is 0 Å². The Labute approximate surface area is 98.6 Å². The lowest BCUT2D eigenvalue weighted by Crippen LogP contribution is -2.26. The molecule has 94 valence electrons. The lowest BCUT2D eigenvalue weighted by atomic mass is 9.87. The fourth-order valence-corrected chi connectivity index (χ4v) is 1.89. The molecule has 0 saturated carbocycles. The monoisotopic (exact) mass is 228 g/mol. The van der Waals surface area contributed by atoms with Crippen LogP contribution in [0, 0.1) is 11.8 Å². The summed E-state index contributed by atoms with van der Waals surface area (Å²) in [7, 11) is 1.34. The van der Waals surface area contributed by atoms with Gasteiger partial charge in [0.05, 0.1) is 7.11 Å². The minimum Gasteiger partial charge on any atom is -0.468 e. The van der Waals surface area contributed by atoms with Crippen LogP contribution >= 0.6 is 0 Å². The third-order valence-corrected chi connectivity index (χ3v) is 3.09. The largest absolute Gasteiger partial charge is 0.468 e. The first-order valence-corrected chi connectivity index (χ1v) is 6.15. The lowest BCUT2D eigenvalue weighted by Gasteiger charge is -2.19. The molecule has 16 heavy (non-hydrogen) atoms. The van der Waals surface area contributed by atoms with Crippen LogP contribution in [-0.4, -0.2) is 18.9 Å². The summed E-state index contributed by atoms with van der Waals surface area (Å²) < 4.78 is 4.66. The molecule has 0 aromatic rings. The van der Waals surface area contributed by atoms with E-state index in [2.05, 4.69) is 18.6 Å². The van der Waals surface area contributed by atoms with E-state index in [1.165, 1.54) is 14.0 Å². The molecule has 0 radical (unpaired) electrons. The van der Waals surface area contributed by atoms with Gasteiger partial charge in [-0.25, -0.2) is 0 Å². The van der Waals surface area contributed by atoms with Gasteiger partial charge in [-0.05, 0) is 19.3 Å². The van der Waals surface area contributed by atoms with Crippen LogP contribution in [0.1, 0.15) is 52.9 Å². The van der Waals surface area contributed by atoms with Crippen LogP contribution in [0.4, 0.5) is 0 Å². The van der Waals surface area contributed by atoms with Gasteiger partial charge in [-0.2, -0.15) is 0 Å². The Balaban J connectivity index is 4.34. The molecular weight excluding hydrogens is 204 g/mol. The molecule has 3 heteroatoms. The molecule has 3 nitrogen and oxygen atoms in total. The van der Waals surface area contributed by atoms with Gasteiger partial charge in [-0.1, -0.05) is 39.5 Å². The topological polar surface area (TPSA) is 43.4 Å². The number of carbonyl (C=O) groups is 2. The molecular formula is C13H24O3. The van der Waals surface area contributed by atoms with E-state index in [0.29, 0.717) is 12.3 Å². The van der Waals surface area contributed by atoms with Crippen LogP contribution < -0.4 is 0 Å². The van der Waals surface area contributed by atoms with Gasteiger partial charge in [-0.3, -0.25) is 9.59 Å². The van der Waals surface area contributed by atoms with Crippen LogP contribution in [0.5, 0.6) is 0 Å². The summed E-state index contributed by atoms with van der Waals surface area (Å²) in [5.41, 5.74) is 0. The summed E-state index contributed by atoms with van der Waals surface area (Å²) in [5.74, 6) is -0.580. The highest BCUT2D eigenvalue weighted by atomic mass is 16.5. The van der Waals surface area contributed by atoms with Gasteiger partial charge < -0.3 is 4.74 Å².